The van der Waals surface area contributed by atoms with Gasteiger partial charge in [-0.3, -0.25) is 0 Å². The minimum Gasteiger partial charge on any atom is -0.207 e. The zero-order valence-electron chi connectivity index (χ0n) is 11.7. The van der Waals surface area contributed by atoms with Gasteiger partial charge >= 0.3 is 0 Å². The molecule has 1 atom stereocenters. The lowest BCUT2D eigenvalue weighted by Gasteiger charge is -2.19. The van der Waals surface area contributed by atoms with E-state index in [2.05, 4.69) is 4.72 Å². The van der Waals surface area contributed by atoms with E-state index in [1.54, 1.807) is 6.07 Å². The van der Waals surface area contributed by atoms with Gasteiger partial charge in [0.25, 0.3) is 0 Å². The lowest BCUT2D eigenvalue weighted by Crippen LogP contribution is -2.30. The molecule has 1 N–H and O–H groups in total. The molecule has 1 fully saturated rings. The summed E-state index contributed by atoms with van der Waals surface area (Å²) in [6.45, 7) is 0. The van der Waals surface area contributed by atoms with Crippen molar-refractivity contribution in [3.05, 3.63) is 64.1 Å². The Morgan fingerprint density at radius 3 is 2.36 bits per heavy atom. The summed E-state index contributed by atoms with van der Waals surface area (Å²) >= 11 is 11.9. The predicted octanol–water partition coefficient (Wildman–Crippen LogP) is 4.42. The van der Waals surface area contributed by atoms with E-state index in [1.807, 2.05) is 30.3 Å². The zero-order chi connectivity index (χ0) is 15.7. The van der Waals surface area contributed by atoms with Gasteiger partial charge in [-0.05, 0) is 42.5 Å². The van der Waals surface area contributed by atoms with Crippen LogP contribution in [-0.4, -0.2) is 8.42 Å². The lowest BCUT2D eigenvalue weighted by molar-refractivity contribution is 0.529. The molecule has 0 bridgehead atoms. The topological polar surface area (TPSA) is 46.2 Å². The van der Waals surface area contributed by atoms with E-state index in [4.69, 9.17) is 23.2 Å². The quantitative estimate of drug-likeness (QED) is 0.862. The fraction of sp³-hybridized carbons (Fsp3) is 0.250. The molecule has 2 aromatic carbocycles. The van der Waals surface area contributed by atoms with Crippen LogP contribution in [0.3, 0.4) is 0 Å². The molecular formula is C16H15Cl2NO2S. The molecule has 1 saturated carbocycles. The molecule has 1 aliphatic rings. The van der Waals surface area contributed by atoms with Gasteiger partial charge in [-0.2, -0.15) is 0 Å². The van der Waals surface area contributed by atoms with Crippen molar-refractivity contribution in [2.45, 2.75) is 23.8 Å². The van der Waals surface area contributed by atoms with Gasteiger partial charge in [0.05, 0.1) is 5.02 Å². The van der Waals surface area contributed by atoms with Crippen molar-refractivity contribution in [3.8, 4) is 0 Å². The van der Waals surface area contributed by atoms with Gasteiger partial charge in [-0.25, -0.2) is 13.1 Å². The molecule has 116 valence electrons. The number of rotatable bonds is 5. The van der Waals surface area contributed by atoms with E-state index in [9.17, 15) is 8.42 Å². The smallest absolute Gasteiger partial charge is 0.207 e. The Morgan fingerprint density at radius 2 is 1.73 bits per heavy atom. The number of benzene rings is 2. The highest BCUT2D eigenvalue weighted by atomic mass is 35.5. The van der Waals surface area contributed by atoms with Crippen LogP contribution in [0.25, 0.3) is 0 Å². The van der Waals surface area contributed by atoms with E-state index in [-0.39, 0.29) is 16.0 Å². The second-order valence-corrected chi connectivity index (χ2v) is 7.95. The Kier molecular flexibility index (Phi) is 4.46. The maximum atomic E-state index is 12.7. The van der Waals surface area contributed by atoms with E-state index in [1.165, 1.54) is 12.1 Å². The zero-order valence-corrected chi connectivity index (χ0v) is 14.0. The summed E-state index contributed by atoms with van der Waals surface area (Å²) in [6, 6.07) is 13.8. The number of sulfonamides is 1. The van der Waals surface area contributed by atoms with E-state index < -0.39 is 10.0 Å². The van der Waals surface area contributed by atoms with Crippen molar-refractivity contribution in [3.63, 3.8) is 0 Å². The third-order valence-corrected chi connectivity index (χ3v) is 5.87. The van der Waals surface area contributed by atoms with Gasteiger partial charge in [-0.15, -0.1) is 0 Å². The molecule has 2 aromatic rings. The van der Waals surface area contributed by atoms with Crippen LogP contribution in [0.2, 0.25) is 10.0 Å². The summed E-state index contributed by atoms with van der Waals surface area (Å²) in [7, 11) is -3.73. The Balaban J connectivity index is 1.94. The molecule has 0 unspecified atom stereocenters. The molecule has 6 heteroatoms. The minimum absolute atomic E-state index is 0.0169. The van der Waals surface area contributed by atoms with E-state index in [0.29, 0.717) is 10.9 Å². The molecule has 0 heterocycles. The van der Waals surface area contributed by atoms with Crippen LogP contribution in [0.15, 0.2) is 53.4 Å². The van der Waals surface area contributed by atoms with Crippen LogP contribution < -0.4 is 4.72 Å². The highest BCUT2D eigenvalue weighted by Crippen LogP contribution is 2.42. The summed E-state index contributed by atoms with van der Waals surface area (Å²) in [4.78, 5) is 0.0169. The van der Waals surface area contributed by atoms with Crippen molar-refractivity contribution in [2.24, 2.45) is 5.92 Å². The van der Waals surface area contributed by atoms with Crippen molar-refractivity contribution in [2.75, 3.05) is 0 Å². The molecule has 0 saturated heterocycles. The lowest BCUT2D eigenvalue weighted by atomic mass is 10.0. The van der Waals surface area contributed by atoms with E-state index in [0.717, 1.165) is 18.4 Å². The van der Waals surface area contributed by atoms with Crippen LogP contribution in [0.5, 0.6) is 0 Å². The number of hydrogen-bond acceptors (Lipinski definition) is 2. The van der Waals surface area contributed by atoms with E-state index >= 15 is 0 Å². The van der Waals surface area contributed by atoms with Crippen LogP contribution >= 0.6 is 23.2 Å². The molecule has 0 aromatic heterocycles. The molecule has 0 radical (unpaired) electrons. The fourth-order valence-corrected chi connectivity index (χ4v) is 4.50. The van der Waals surface area contributed by atoms with Gasteiger partial charge in [0.1, 0.15) is 4.90 Å². The largest absolute Gasteiger partial charge is 0.242 e. The van der Waals surface area contributed by atoms with Crippen molar-refractivity contribution in [1.82, 2.24) is 4.72 Å². The number of halogens is 2. The fourth-order valence-electron chi connectivity index (χ4n) is 2.44. The van der Waals surface area contributed by atoms with Crippen molar-refractivity contribution >= 4 is 33.2 Å². The first kappa shape index (κ1) is 15.8. The molecule has 3 rings (SSSR count). The summed E-state index contributed by atoms with van der Waals surface area (Å²) in [6.07, 6.45) is 2.04. The Hall–Kier alpha value is -1.07. The molecule has 0 aliphatic heterocycles. The molecule has 1 aliphatic carbocycles. The minimum atomic E-state index is -3.73. The van der Waals surface area contributed by atoms with Gasteiger partial charge < -0.3 is 0 Å². The third-order valence-electron chi connectivity index (χ3n) is 3.72. The predicted molar refractivity (Wildman–Crippen MR) is 88.7 cm³/mol. The average Bonchev–Trinajstić information content (AvgIpc) is 3.33. The maximum Gasteiger partial charge on any atom is 0.242 e. The van der Waals surface area contributed by atoms with Crippen LogP contribution in [0.1, 0.15) is 24.4 Å². The summed E-state index contributed by atoms with van der Waals surface area (Å²) in [5, 5.41) is 0.506. The molecule has 22 heavy (non-hydrogen) atoms. The van der Waals surface area contributed by atoms with Crippen molar-refractivity contribution in [1.29, 1.82) is 0 Å². The SMILES string of the molecule is O=S(=O)(N[C@@H](c1ccccc1)C1CC1)c1cc(Cl)ccc1Cl. The number of nitrogens with one attached hydrogen (secondary N) is 1. The Morgan fingerprint density at radius 1 is 1.05 bits per heavy atom. The molecule has 0 spiro atoms. The number of hydrogen-bond donors (Lipinski definition) is 1. The summed E-state index contributed by atoms with van der Waals surface area (Å²) in [5.41, 5.74) is 0.965. The first-order valence-corrected chi connectivity index (χ1v) is 9.23. The summed E-state index contributed by atoms with van der Waals surface area (Å²) < 4.78 is 28.1. The standard InChI is InChI=1S/C16H15Cl2NO2S/c17-13-8-9-14(18)15(10-13)22(20,21)19-16(12-6-7-12)11-4-2-1-3-5-11/h1-5,8-10,12,16,19H,6-7H2/t16-/m0/s1. The monoisotopic (exact) mass is 355 g/mol. The molecule has 3 nitrogen and oxygen atoms in total. The average molecular weight is 356 g/mol. The van der Waals surface area contributed by atoms with Gasteiger partial charge in [0.2, 0.25) is 10.0 Å². The molecule has 0 amide bonds. The highest BCUT2D eigenvalue weighted by Gasteiger charge is 2.35. The second kappa shape index (κ2) is 6.20. The van der Waals surface area contributed by atoms with Crippen molar-refractivity contribution < 1.29 is 8.42 Å². The summed E-state index contributed by atoms with van der Waals surface area (Å²) in [5.74, 6) is 0.329. The van der Waals surface area contributed by atoms with Crippen LogP contribution in [-0.2, 0) is 10.0 Å². The van der Waals surface area contributed by atoms with Gasteiger partial charge in [0, 0.05) is 11.1 Å². The third kappa shape index (κ3) is 3.46. The van der Waals surface area contributed by atoms with Gasteiger partial charge in [0.15, 0.2) is 0 Å². The second-order valence-electron chi connectivity index (χ2n) is 5.42. The Labute approximate surface area is 140 Å². The normalized spacial score (nSPS) is 16.5. The first-order chi connectivity index (χ1) is 10.5. The molecular weight excluding hydrogens is 341 g/mol. The Bertz CT molecular complexity index is 774. The highest BCUT2D eigenvalue weighted by molar-refractivity contribution is 7.89. The van der Waals surface area contributed by atoms with Gasteiger partial charge in [-0.1, -0.05) is 53.5 Å². The maximum absolute atomic E-state index is 12.7. The van der Waals surface area contributed by atoms with Crippen LogP contribution in [0, 0.1) is 5.92 Å². The first-order valence-electron chi connectivity index (χ1n) is 7.00. The van der Waals surface area contributed by atoms with Crippen LogP contribution in [0.4, 0.5) is 0 Å².